The molecule has 0 bridgehead atoms. The van der Waals surface area contributed by atoms with Crippen molar-refractivity contribution in [3.8, 4) is 0 Å². The molecule has 0 radical (unpaired) electrons. The maximum atomic E-state index is 5.14. The predicted molar refractivity (Wildman–Crippen MR) is 95.7 cm³/mol. The molecule has 0 amide bonds. The number of rotatable bonds is 3. The van der Waals surface area contributed by atoms with Gasteiger partial charge in [-0.1, -0.05) is 12.1 Å². The molecule has 2 aromatic rings. The summed E-state index contributed by atoms with van der Waals surface area (Å²) in [6.07, 6.45) is 0. The van der Waals surface area contributed by atoms with E-state index in [0.29, 0.717) is 0 Å². The van der Waals surface area contributed by atoms with Crippen LogP contribution in [0, 0.1) is 27.7 Å². The fourth-order valence-corrected chi connectivity index (χ4v) is 1.95. The van der Waals surface area contributed by atoms with E-state index in [0.717, 1.165) is 11.4 Å². The lowest BCUT2D eigenvalue weighted by Gasteiger charge is -2.09. The van der Waals surface area contributed by atoms with Gasteiger partial charge in [-0.2, -0.15) is 0 Å². The normalized spacial score (nSPS) is 10.7. The van der Waals surface area contributed by atoms with E-state index in [9.17, 15) is 0 Å². The van der Waals surface area contributed by atoms with Crippen molar-refractivity contribution < 1.29 is 0 Å². The first-order valence-electron chi connectivity index (χ1n) is 7.08. The minimum Gasteiger partial charge on any atom is -0.299 e. The Morgan fingerprint density at radius 1 is 0.864 bits per heavy atom. The molecule has 0 saturated heterocycles. The fraction of sp³-hybridized carbons (Fsp3) is 0.235. The second-order valence-electron chi connectivity index (χ2n) is 5.32. The maximum absolute atomic E-state index is 5.14. The molecule has 2 rings (SSSR count). The first-order chi connectivity index (χ1) is 10.5. The van der Waals surface area contributed by atoms with E-state index in [-0.39, 0.29) is 5.11 Å². The molecule has 0 atom stereocenters. The zero-order valence-corrected chi connectivity index (χ0v) is 14.1. The molecular weight excluding hydrogens is 292 g/mol. The molecule has 5 heteroatoms. The zero-order valence-electron chi connectivity index (χ0n) is 13.3. The summed E-state index contributed by atoms with van der Waals surface area (Å²) in [4.78, 5) is 0. The van der Waals surface area contributed by atoms with Crippen molar-refractivity contribution in [2.24, 2.45) is 10.2 Å². The number of hydrogen-bond acceptors (Lipinski definition) is 3. The minimum absolute atomic E-state index is 0.288. The molecule has 0 aliphatic heterocycles. The molecule has 2 N–H and O–H groups in total. The summed E-state index contributed by atoms with van der Waals surface area (Å²) in [5.41, 5.74) is 12.5. The Hall–Kier alpha value is -2.27. The summed E-state index contributed by atoms with van der Waals surface area (Å²) < 4.78 is 0. The Morgan fingerprint density at radius 3 is 2.14 bits per heavy atom. The van der Waals surface area contributed by atoms with E-state index in [1.165, 1.54) is 22.3 Å². The van der Waals surface area contributed by atoms with Crippen molar-refractivity contribution in [3.63, 3.8) is 0 Å². The number of azo groups is 1. The lowest BCUT2D eigenvalue weighted by Crippen LogP contribution is -2.25. The molecule has 2 aromatic carbocycles. The third kappa shape index (κ3) is 4.36. The van der Waals surface area contributed by atoms with Crippen molar-refractivity contribution in [2.75, 3.05) is 5.43 Å². The van der Waals surface area contributed by atoms with E-state index in [2.05, 4.69) is 47.9 Å². The van der Waals surface area contributed by atoms with Gasteiger partial charge in [0.25, 0.3) is 0 Å². The van der Waals surface area contributed by atoms with Crippen LogP contribution in [-0.4, -0.2) is 5.11 Å². The summed E-state index contributed by atoms with van der Waals surface area (Å²) in [5, 5.41) is 8.42. The highest BCUT2D eigenvalue weighted by Crippen LogP contribution is 2.17. The number of nitrogens with zero attached hydrogens (tertiary/aromatic N) is 2. The number of hydrazine groups is 1. The topological polar surface area (TPSA) is 48.8 Å². The van der Waals surface area contributed by atoms with Crippen molar-refractivity contribution in [1.29, 1.82) is 0 Å². The van der Waals surface area contributed by atoms with Crippen LogP contribution in [0.15, 0.2) is 46.6 Å². The van der Waals surface area contributed by atoms with Crippen LogP contribution < -0.4 is 10.9 Å². The highest BCUT2D eigenvalue weighted by molar-refractivity contribution is 7.80. The second kappa shape index (κ2) is 7.13. The summed E-state index contributed by atoms with van der Waals surface area (Å²) in [5.74, 6) is 0. The van der Waals surface area contributed by atoms with Gasteiger partial charge in [0.05, 0.1) is 11.4 Å². The quantitative estimate of drug-likeness (QED) is 0.481. The highest BCUT2D eigenvalue weighted by Gasteiger charge is 1.98. The maximum Gasteiger partial charge on any atom is 0.232 e. The summed E-state index contributed by atoms with van der Waals surface area (Å²) in [7, 11) is 0. The molecule has 0 unspecified atom stereocenters. The molecule has 0 saturated carbocycles. The first-order valence-corrected chi connectivity index (χ1v) is 7.49. The molecule has 0 aliphatic rings. The van der Waals surface area contributed by atoms with Gasteiger partial charge < -0.3 is 0 Å². The molecule has 22 heavy (non-hydrogen) atoms. The summed E-state index contributed by atoms with van der Waals surface area (Å²) in [6.45, 7) is 8.26. The van der Waals surface area contributed by atoms with Crippen LogP contribution in [0.4, 0.5) is 11.4 Å². The van der Waals surface area contributed by atoms with Crippen LogP contribution >= 0.6 is 12.2 Å². The third-order valence-corrected chi connectivity index (χ3v) is 3.75. The Labute approximate surface area is 136 Å². The molecule has 0 spiro atoms. The molecule has 0 aliphatic carbocycles. The van der Waals surface area contributed by atoms with Crippen molar-refractivity contribution in [3.05, 3.63) is 58.7 Å². The fourth-order valence-electron chi connectivity index (χ4n) is 1.86. The first kappa shape index (κ1) is 16.1. The number of aryl methyl sites for hydroxylation is 4. The summed E-state index contributed by atoms with van der Waals surface area (Å²) in [6, 6.07) is 12.0. The van der Waals surface area contributed by atoms with Gasteiger partial charge in [-0.05, 0) is 86.4 Å². The van der Waals surface area contributed by atoms with Gasteiger partial charge in [-0.15, -0.1) is 10.2 Å². The van der Waals surface area contributed by atoms with Gasteiger partial charge in [-0.25, -0.2) is 0 Å². The van der Waals surface area contributed by atoms with E-state index in [4.69, 9.17) is 12.2 Å². The Balaban J connectivity index is 1.93. The van der Waals surface area contributed by atoms with Gasteiger partial charge >= 0.3 is 0 Å². The van der Waals surface area contributed by atoms with Crippen LogP contribution in [0.1, 0.15) is 22.3 Å². The summed E-state index contributed by atoms with van der Waals surface area (Å²) >= 11 is 5.14. The lowest BCUT2D eigenvalue weighted by atomic mass is 10.1. The van der Waals surface area contributed by atoms with Crippen molar-refractivity contribution in [1.82, 2.24) is 5.43 Å². The zero-order chi connectivity index (χ0) is 16.1. The second-order valence-corrected chi connectivity index (χ2v) is 5.71. The highest BCUT2D eigenvalue weighted by atomic mass is 32.1. The van der Waals surface area contributed by atoms with Gasteiger partial charge in [0.15, 0.2) is 0 Å². The molecule has 114 valence electrons. The van der Waals surface area contributed by atoms with E-state index in [1.54, 1.807) is 0 Å². The van der Waals surface area contributed by atoms with Crippen LogP contribution in [0.5, 0.6) is 0 Å². The Morgan fingerprint density at radius 2 is 1.50 bits per heavy atom. The van der Waals surface area contributed by atoms with Gasteiger partial charge in [0.1, 0.15) is 0 Å². The van der Waals surface area contributed by atoms with Crippen LogP contribution in [0.2, 0.25) is 0 Å². The molecule has 0 heterocycles. The van der Waals surface area contributed by atoms with Crippen LogP contribution in [0.3, 0.4) is 0 Å². The minimum atomic E-state index is 0.288. The van der Waals surface area contributed by atoms with Gasteiger partial charge in [0.2, 0.25) is 5.11 Å². The smallest absolute Gasteiger partial charge is 0.232 e. The van der Waals surface area contributed by atoms with E-state index in [1.807, 2.05) is 37.3 Å². The third-order valence-electron chi connectivity index (χ3n) is 3.57. The standard InChI is InChI=1S/C17H20N4S/c1-11-5-7-15(9-13(11)3)18-20-17(22)21-19-16-8-6-12(2)14(4)10-16/h5-10,18H,1-4H3,(H,20,22). The number of thiocarbonyl (C=S) groups is 1. The SMILES string of the molecule is Cc1ccc(N=NC(=S)NNc2ccc(C)c(C)c2)cc1C. The number of hydrogen-bond donors (Lipinski definition) is 2. The largest absolute Gasteiger partial charge is 0.299 e. The van der Waals surface area contributed by atoms with Crippen LogP contribution in [-0.2, 0) is 0 Å². The molecule has 0 fully saturated rings. The Bertz CT molecular complexity index is 723. The van der Waals surface area contributed by atoms with Gasteiger partial charge in [0, 0.05) is 0 Å². The van der Waals surface area contributed by atoms with Crippen LogP contribution in [0.25, 0.3) is 0 Å². The average Bonchev–Trinajstić information content (AvgIpc) is 2.49. The van der Waals surface area contributed by atoms with E-state index >= 15 is 0 Å². The Kier molecular flexibility index (Phi) is 5.22. The van der Waals surface area contributed by atoms with E-state index < -0.39 is 0 Å². The molecule has 4 nitrogen and oxygen atoms in total. The van der Waals surface area contributed by atoms with Crippen molar-refractivity contribution in [2.45, 2.75) is 27.7 Å². The monoisotopic (exact) mass is 312 g/mol. The van der Waals surface area contributed by atoms with Crippen molar-refractivity contribution >= 4 is 28.7 Å². The predicted octanol–water partition coefficient (Wildman–Crippen LogP) is 4.91. The molecule has 0 aromatic heterocycles. The van der Waals surface area contributed by atoms with Gasteiger partial charge in [-0.3, -0.25) is 10.9 Å². The number of benzene rings is 2. The number of anilines is 1. The number of nitrogens with one attached hydrogen (secondary N) is 2. The molecular formula is C17H20N4S. The average molecular weight is 312 g/mol. The lowest BCUT2D eigenvalue weighted by molar-refractivity contribution is 1.09.